The van der Waals surface area contributed by atoms with Crippen LogP contribution in [0.3, 0.4) is 0 Å². The number of hydrogen-bond donors (Lipinski definition) is 1. The predicted octanol–water partition coefficient (Wildman–Crippen LogP) is 1.81. The maximum atomic E-state index is 4.99. The third-order valence-electron chi connectivity index (χ3n) is 3.40. The molecule has 0 amide bonds. The van der Waals surface area contributed by atoms with Crippen LogP contribution in [-0.2, 0) is 17.8 Å². The first-order valence-electron chi connectivity index (χ1n) is 6.60. The van der Waals surface area contributed by atoms with Gasteiger partial charge in [-0.1, -0.05) is 12.8 Å². The molecule has 0 spiro atoms. The Bertz CT molecular complexity index is 318. The summed E-state index contributed by atoms with van der Waals surface area (Å²) < 4.78 is 7.09. The van der Waals surface area contributed by atoms with E-state index in [0.29, 0.717) is 0 Å². The van der Waals surface area contributed by atoms with Crippen LogP contribution in [0.2, 0.25) is 0 Å². The second kappa shape index (κ2) is 6.77. The fourth-order valence-corrected chi connectivity index (χ4v) is 2.45. The molecule has 2 rings (SSSR count). The van der Waals surface area contributed by atoms with Crippen molar-refractivity contribution >= 4 is 0 Å². The van der Waals surface area contributed by atoms with Crippen molar-refractivity contribution in [2.45, 2.75) is 38.8 Å². The molecule has 1 heterocycles. The van der Waals surface area contributed by atoms with Gasteiger partial charge in [0, 0.05) is 32.9 Å². The molecule has 0 unspecified atom stereocenters. The molecule has 1 aromatic rings. The van der Waals surface area contributed by atoms with Crippen molar-refractivity contribution in [3.8, 4) is 0 Å². The van der Waals surface area contributed by atoms with Gasteiger partial charge in [-0.15, -0.1) is 0 Å². The first-order valence-corrected chi connectivity index (χ1v) is 6.60. The van der Waals surface area contributed by atoms with E-state index in [9.17, 15) is 0 Å². The lowest BCUT2D eigenvalue weighted by molar-refractivity contribution is 0.199. The third-order valence-corrected chi connectivity index (χ3v) is 3.40. The molecule has 0 radical (unpaired) electrons. The maximum Gasteiger partial charge on any atom is 0.0762 e. The first kappa shape index (κ1) is 12.6. The van der Waals surface area contributed by atoms with E-state index in [4.69, 9.17) is 4.74 Å². The zero-order valence-corrected chi connectivity index (χ0v) is 10.7. The number of hydrogen-bond acceptors (Lipinski definition) is 3. The summed E-state index contributed by atoms with van der Waals surface area (Å²) in [5, 5.41) is 7.89. The number of ether oxygens (including phenoxy) is 1. The summed E-state index contributed by atoms with van der Waals surface area (Å²) in [6.45, 7) is 3.56. The van der Waals surface area contributed by atoms with E-state index < -0.39 is 0 Å². The molecule has 96 valence electrons. The zero-order valence-electron chi connectivity index (χ0n) is 10.7. The predicted molar refractivity (Wildman–Crippen MR) is 67.8 cm³/mol. The van der Waals surface area contributed by atoms with Crippen LogP contribution in [0, 0.1) is 5.92 Å². The van der Waals surface area contributed by atoms with E-state index in [1.165, 1.54) is 25.7 Å². The molecule has 0 aliphatic heterocycles. The Labute approximate surface area is 103 Å². The van der Waals surface area contributed by atoms with Crippen molar-refractivity contribution in [1.82, 2.24) is 15.1 Å². The van der Waals surface area contributed by atoms with Crippen LogP contribution >= 0.6 is 0 Å². The van der Waals surface area contributed by atoms with Crippen molar-refractivity contribution in [3.05, 3.63) is 18.0 Å². The summed E-state index contributed by atoms with van der Waals surface area (Å²) >= 11 is 0. The third kappa shape index (κ3) is 4.13. The second-order valence-electron chi connectivity index (χ2n) is 4.85. The molecule has 1 fully saturated rings. The van der Waals surface area contributed by atoms with Crippen molar-refractivity contribution < 1.29 is 4.74 Å². The molecular formula is C13H23N3O. The molecule has 0 atom stereocenters. The Balaban J connectivity index is 1.71. The van der Waals surface area contributed by atoms with Crippen LogP contribution in [0.15, 0.2) is 12.3 Å². The minimum absolute atomic E-state index is 0.753. The lowest BCUT2D eigenvalue weighted by Gasteiger charge is -2.08. The molecule has 0 saturated heterocycles. The van der Waals surface area contributed by atoms with Crippen molar-refractivity contribution in [1.29, 1.82) is 0 Å². The van der Waals surface area contributed by atoms with Gasteiger partial charge in [-0.05, 0) is 24.8 Å². The Kier molecular flexibility index (Phi) is 5.01. The molecule has 4 nitrogen and oxygen atoms in total. The highest BCUT2D eigenvalue weighted by atomic mass is 16.5. The van der Waals surface area contributed by atoms with E-state index in [1.807, 2.05) is 0 Å². The minimum Gasteiger partial charge on any atom is -0.383 e. The van der Waals surface area contributed by atoms with E-state index in [-0.39, 0.29) is 0 Å². The van der Waals surface area contributed by atoms with Gasteiger partial charge in [-0.2, -0.15) is 5.10 Å². The van der Waals surface area contributed by atoms with Gasteiger partial charge in [0.15, 0.2) is 0 Å². The Morgan fingerprint density at radius 3 is 3.06 bits per heavy atom. The molecule has 1 saturated carbocycles. The molecule has 1 N–H and O–H groups in total. The van der Waals surface area contributed by atoms with E-state index >= 15 is 0 Å². The Hall–Kier alpha value is -0.870. The largest absolute Gasteiger partial charge is 0.383 e. The van der Waals surface area contributed by atoms with Crippen LogP contribution in [0.4, 0.5) is 0 Å². The van der Waals surface area contributed by atoms with Crippen molar-refractivity contribution in [2.75, 3.05) is 20.3 Å². The van der Waals surface area contributed by atoms with E-state index in [0.717, 1.165) is 37.9 Å². The summed E-state index contributed by atoms with van der Waals surface area (Å²) in [5.41, 5.74) is 1.12. The van der Waals surface area contributed by atoms with Gasteiger partial charge in [-0.25, -0.2) is 0 Å². The molecule has 1 aliphatic rings. The Morgan fingerprint density at radius 1 is 1.47 bits per heavy atom. The van der Waals surface area contributed by atoms with Gasteiger partial charge in [0.25, 0.3) is 0 Å². The lowest BCUT2D eigenvalue weighted by atomic mass is 10.1. The maximum absolute atomic E-state index is 4.99. The normalized spacial score (nSPS) is 16.8. The smallest absolute Gasteiger partial charge is 0.0762 e. The first-order chi connectivity index (χ1) is 8.38. The number of nitrogens with zero attached hydrogens (tertiary/aromatic N) is 2. The minimum atomic E-state index is 0.753. The SMILES string of the molecule is COCCNCc1ccn(CC2CCCC2)n1. The molecule has 17 heavy (non-hydrogen) atoms. The van der Waals surface area contributed by atoms with Crippen LogP contribution < -0.4 is 5.32 Å². The second-order valence-corrected chi connectivity index (χ2v) is 4.85. The molecule has 4 heteroatoms. The van der Waals surface area contributed by atoms with Crippen molar-refractivity contribution in [3.63, 3.8) is 0 Å². The lowest BCUT2D eigenvalue weighted by Crippen LogP contribution is -2.19. The van der Waals surface area contributed by atoms with Crippen LogP contribution in [-0.4, -0.2) is 30.0 Å². The summed E-state index contributed by atoms with van der Waals surface area (Å²) in [7, 11) is 1.72. The van der Waals surface area contributed by atoms with Gasteiger partial charge in [0.1, 0.15) is 0 Å². The van der Waals surface area contributed by atoms with Crippen LogP contribution in [0.5, 0.6) is 0 Å². The van der Waals surface area contributed by atoms with Crippen molar-refractivity contribution in [2.24, 2.45) is 5.92 Å². The molecule has 1 aliphatic carbocycles. The van der Waals surface area contributed by atoms with E-state index in [1.54, 1.807) is 7.11 Å². The highest BCUT2D eigenvalue weighted by Crippen LogP contribution is 2.25. The highest BCUT2D eigenvalue weighted by molar-refractivity contribution is 4.98. The number of nitrogens with one attached hydrogen (secondary N) is 1. The molecule has 0 aromatic carbocycles. The monoisotopic (exact) mass is 237 g/mol. The van der Waals surface area contributed by atoms with E-state index in [2.05, 4.69) is 27.4 Å². The summed E-state index contributed by atoms with van der Waals surface area (Å²) in [6.07, 6.45) is 7.66. The fraction of sp³-hybridized carbons (Fsp3) is 0.769. The van der Waals surface area contributed by atoms with Gasteiger partial charge in [0.05, 0.1) is 12.3 Å². The average molecular weight is 237 g/mol. The van der Waals surface area contributed by atoms with Gasteiger partial charge >= 0.3 is 0 Å². The van der Waals surface area contributed by atoms with Gasteiger partial charge in [-0.3, -0.25) is 4.68 Å². The Morgan fingerprint density at radius 2 is 2.29 bits per heavy atom. The van der Waals surface area contributed by atoms with Crippen LogP contribution in [0.1, 0.15) is 31.4 Å². The standard InChI is InChI=1S/C13H23N3O/c1-17-9-7-14-10-13-6-8-16(15-13)11-12-4-2-3-5-12/h6,8,12,14H,2-5,7,9-11H2,1H3. The zero-order chi connectivity index (χ0) is 11.9. The van der Waals surface area contributed by atoms with Gasteiger partial charge < -0.3 is 10.1 Å². The number of rotatable bonds is 7. The van der Waals surface area contributed by atoms with Crippen LogP contribution in [0.25, 0.3) is 0 Å². The highest BCUT2D eigenvalue weighted by Gasteiger charge is 2.15. The topological polar surface area (TPSA) is 39.1 Å². The number of methoxy groups -OCH3 is 1. The summed E-state index contributed by atoms with van der Waals surface area (Å²) in [6, 6.07) is 2.11. The average Bonchev–Trinajstić information content (AvgIpc) is 2.97. The summed E-state index contributed by atoms with van der Waals surface area (Å²) in [4.78, 5) is 0. The van der Waals surface area contributed by atoms with Gasteiger partial charge in [0.2, 0.25) is 0 Å². The number of aromatic nitrogens is 2. The summed E-state index contributed by atoms with van der Waals surface area (Å²) in [5.74, 6) is 0.851. The quantitative estimate of drug-likeness (QED) is 0.735. The fourth-order valence-electron chi connectivity index (χ4n) is 2.45. The molecule has 1 aromatic heterocycles. The molecular weight excluding hydrogens is 214 g/mol. The molecule has 0 bridgehead atoms.